The number of carbonyl (C=O) groups is 1. The van der Waals surface area contributed by atoms with Gasteiger partial charge in [0.2, 0.25) is 5.91 Å². The standard InChI is InChI=1S/C21H29N5O/c1-16(2)25-11-6-9-18(15-25)21(27)24-12-10-19-22-23-20(26(19)14-13-24)17-7-4-3-5-8-17/h3-5,7-8,16,18H,6,9-15H2,1-2H3/t18-/m0/s1. The van der Waals surface area contributed by atoms with Gasteiger partial charge in [0.25, 0.3) is 0 Å². The van der Waals surface area contributed by atoms with Crippen LogP contribution in [0.15, 0.2) is 30.3 Å². The molecule has 0 N–H and O–H groups in total. The summed E-state index contributed by atoms with van der Waals surface area (Å²) in [5.74, 6) is 2.35. The molecule has 6 nitrogen and oxygen atoms in total. The number of nitrogens with zero attached hydrogens (tertiary/aromatic N) is 5. The predicted octanol–water partition coefficient (Wildman–Crippen LogP) is 2.45. The fourth-order valence-corrected chi connectivity index (χ4v) is 4.28. The van der Waals surface area contributed by atoms with Crippen molar-refractivity contribution in [2.75, 3.05) is 26.2 Å². The summed E-state index contributed by atoms with van der Waals surface area (Å²) >= 11 is 0. The number of benzene rings is 1. The van der Waals surface area contributed by atoms with Crippen molar-refractivity contribution in [3.63, 3.8) is 0 Å². The van der Waals surface area contributed by atoms with Gasteiger partial charge in [-0.2, -0.15) is 0 Å². The van der Waals surface area contributed by atoms with E-state index in [0.717, 1.165) is 69.2 Å². The van der Waals surface area contributed by atoms with Gasteiger partial charge in [-0.05, 0) is 33.2 Å². The van der Waals surface area contributed by atoms with Crippen LogP contribution in [0, 0.1) is 5.92 Å². The van der Waals surface area contributed by atoms with Crippen LogP contribution in [0.4, 0.5) is 0 Å². The second-order valence-electron chi connectivity index (χ2n) is 7.96. The average molecular weight is 367 g/mol. The zero-order valence-electron chi connectivity index (χ0n) is 16.3. The molecule has 1 amide bonds. The van der Waals surface area contributed by atoms with Gasteiger partial charge in [0, 0.05) is 44.2 Å². The van der Waals surface area contributed by atoms with Gasteiger partial charge in [-0.3, -0.25) is 4.79 Å². The normalized spacial score (nSPS) is 21.1. The number of likely N-dealkylation sites (tertiary alicyclic amines) is 1. The molecular weight excluding hydrogens is 338 g/mol. The average Bonchev–Trinajstić information content (AvgIpc) is 2.99. The number of amides is 1. The number of fused-ring (bicyclic) bond motifs is 1. The summed E-state index contributed by atoms with van der Waals surface area (Å²) in [6.45, 7) is 8.69. The third kappa shape index (κ3) is 3.76. The second-order valence-corrected chi connectivity index (χ2v) is 7.96. The maximum atomic E-state index is 13.2. The highest BCUT2D eigenvalue weighted by atomic mass is 16.2. The highest BCUT2D eigenvalue weighted by Gasteiger charge is 2.31. The zero-order valence-corrected chi connectivity index (χ0v) is 16.3. The predicted molar refractivity (Wildman–Crippen MR) is 105 cm³/mol. The van der Waals surface area contributed by atoms with Gasteiger partial charge in [0.15, 0.2) is 5.82 Å². The van der Waals surface area contributed by atoms with Crippen LogP contribution in [0.25, 0.3) is 11.4 Å². The van der Waals surface area contributed by atoms with E-state index in [1.165, 1.54) is 0 Å². The molecule has 2 aromatic rings. The summed E-state index contributed by atoms with van der Waals surface area (Å²) in [5.41, 5.74) is 1.08. The quantitative estimate of drug-likeness (QED) is 0.836. The summed E-state index contributed by atoms with van der Waals surface area (Å²) < 4.78 is 2.18. The van der Waals surface area contributed by atoms with Crippen LogP contribution < -0.4 is 0 Å². The van der Waals surface area contributed by atoms with E-state index < -0.39 is 0 Å². The first-order valence-electron chi connectivity index (χ1n) is 10.1. The van der Waals surface area contributed by atoms with Crippen LogP contribution >= 0.6 is 0 Å². The van der Waals surface area contributed by atoms with Gasteiger partial charge in [0.1, 0.15) is 5.82 Å². The van der Waals surface area contributed by atoms with Crippen molar-refractivity contribution >= 4 is 5.91 Å². The molecule has 0 bridgehead atoms. The van der Waals surface area contributed by atoms with Gasteiger partial charge in [-0.25, -0.2) is 0 Å². The lowest BCUT2D eigenvalue weighted by atomic mass is 9.95. The first kappa shape index (κ1) is 18.2. The van der Waals surface area contributed by atoms with E-state index >= 15 is 0 Å². The van der Waals surface area contributed by atoms with Crippen LogP contribution in [-0.2, 0) is 17.8 Å². The van der Waals surface area contributed by atoms with Crippen LogP contribution in [0.5, 0.6) is 0 Å². The van der Waals surface area contributed by atoms with Crippen LogP contribution in [0.3, 0.4) is 0 Å². The monoisotopic (exact) mass is 367 g/mol. The van der Waals surface area contributed by atoms with Gasteiger partial charge >= 0.3 is 0 Å². The molecule has 1 aromatic heterocycles. The molecule has 2 aliphatic rings. The van der Waals surface area contributed by atoms with Crippen LogP contribution in [0.2, 0.25) is 0 Å². The summed E-state index contributed by atoms with van der Waals surface area (Å²) in [6.07, 6.45) is 2.90. The van der Waals surface area contributed by atoms with Crippen molar-refractivity contribution in [2.45, 2.75) is 45.7 Å². The number of aromatic nitrogens is 3. The first-order valence-corrected chi connectivity index (χ1v) is 10.1. The van der Waals surface area contributed by atoms with E-state index in [-0.39, 0.29) is 5.92 Å². The van der Waals surface area contributed by atoms with E-state index in [1.807, 2.05) is 18.2 Å². The van der Waals surface area contributed by atoms with Crippen molar-refractivity contribution in [1.29, 1.82) is 0 Å². The van der Waals surface area contributed by atoms with Gasteiger partial charge in [0.05, 0.1) is 5.92 Å². The molecule has 2 aliphatic heterocycles. The summed E-state index contributed by atoms with van der Waals surface area (Å²) in [7, 11) is 0. The summed E-state index contributed by atoms with van der Waals surface area (Å²) in [6, 6.07) is 10.7. The lowest BCUT2D eigenvalue weighted by molar-refractivity contribution is -0.137. The molecule has 144 valence electrons. The van der Waals surface area contributed by atoms with E-state index in [9.17, 15) is 4.79 Å². The lowest BCUT2D eigenvalue weighted by Gasteiger charge is -2.36. The number of piperidine rings is 1. The Morgan fingerprint density at radius 1 is 1.07 bits per heavy atom. The summed E-state index contributed by atoms with van der Waals surface area (Å²) in [4.78, 5) is 17.6. The van der Waals surface area contributed by atoms with Crippen molar-refractivity contribution in [3.8, 4) is 11.4 Å². The molecule has 0 saturated carbocycles. The maximum absolute atomic E-state index is 13.2. The molecule has 1 aromatic carbocycles. The van der Waals surface area contributed by atoms with Crippen molar-refractivity contribution < 1.29 is 4.79 Å². The molecule has 6 heteroatoms. The van der Waals surface area contributed by atoms with Crippen molar-refractivity contribution in [3.05, 3.63) is 36.2 Å². The molecule has 0 spiro atoms. The second kappa shape index (κ2) is 7.80. The minimum Gasteiger partial charge on any atom is -0.340 e. The van der Waals surface area contributed by atoms with Crippen LogP contribution in [0.1, 0.15) is 32.5 Å². The smallest absolute Gasteiger partial charge is 0.227 e. The Bertz CT molecular complexity index is 785. The largest absolute Gasteiger partial charge is 0.340 e. The number of carbonyl (C=O) groups excluding carboxylic acids is 1. The Morgan fingerprint density at radius 3 is 2.67 bits per heavy atom. The molecule has 1 atom stereocenters. The van der Waals surface area contributed by atoms with Crippen molar-refractivity contribution in [2.24, 2.45) is 5.92 Å². The minimum atomic E-state index is 0.137. The highest BCUT2D eigenvalue weighted by molar-refractivity contribution is 5.79. The van der Waals surface area contributed by atoms with E-state index in [0.29, 0.717) is 11.9 Å². The molecule has 0 radical (unpaired) electrons. The SMILES string of the molecule is CC(C)N1CCC[C@H](C(=O)N2CCc3nnc(-c4ccccc4)n3CC2)C1. The molecule has 1 saturated heterocycles. The maximum Gasteiger partial charge on any atom is 0.227 e. The fraction of sp³-hybridized carbons (Fsp3) is 0.571. The zero-order chi connectivity index (χ0) is 18.8. The molecule has 27 heavy (non-hydrogen) atoms. The third-order valence-corrected chi connectivity index (χ3v) is 5.90. The van der Waals surface area contributed by atoms with E-state index in [1.54, 1.807) is 0 Å². The number of hydrogen-bond donors (Lipinski definition) is 0. The van der Waals surface area contributed by atoms with Gasteiger partial charge in [-0.1, -0.05) is 30.3 Å². The van der Waals surface area contributed by atoms with Gasteiger partial charge < -0.3 is 14.4 Å². The third-order valence-electron chi connectivity index (χ3n) is 5.90. The van der Waals surface area contributed by atoms with Gasteiger partial charge in [-0.15, -0.1) is 10.2 Å². The van der Waals surface area contributed by atoms with E-state index in [2.05, 4.69) is 50.5 Å². The van der Waals surface area contributed by atoms with Crippen LogP contribution in [-0.4, -0.2) is 62.7 Å². The Hall–Kier alpha value is -2.21. The Labute approximate surface area is 161 Å². The fourth-order valence-electron chi connectivity index (χ4n) is 4.28. The molecule has 1 fully saturated rings. The topological polar surface area (TPSA) is 54.3 Å². The Balaban J connectivity index is 1.46. The molecule has 0 aliphatic carbocycles. The molecular formula is C21H29N5O. The lowest BCUT2D eigenvalue weighted by Crippen LogP contribution is -2.47. The number of hydrogen-bond acceptors (Lipinski definition) is 4. The summed E-state index contributed by atoms with van der Waals surface area (Å²) in [5, 5.41) is 8.80. The molecule has 4 rings (SSSR count). The number of rotatable bonds is 3. The minimum absolute atomic E-state index is 0.137. The van der Waals surface area contributed by atoms with E-state index in [4.69, 9.17) is 0 Å². The van der Waals surface area contributed by atoms with Crippen molar-refractivity contribution in [1.82, 2.24) is 24.6 Å². The molecule has 0 unspecified atom stereocenters. The molecule has 3 heterocycles. The highest BCUT2D eigenvalue weighted by Crippen LogP contribution is 2.23. The Kier molecular flexibility index (Phi) is 5.25. The Morgan fingerprint density at radius 2 is 1.89 bits per heavy atom. The first-order chi connectivity index (χ1) is 13.1.